The molecule has 1 aliphatic heterocycles. The maximum atomic E-state index is 12.7. The third kappa shape index (κ3) is 5.79. The number of amides is 3. The van der Waals surface area contributed by atoms with Crippen LogP contribution >= 0.6 is 0 Å². The highest BCUT2D eigenvalue weighted by Gasteiger charge is 2.27. The lowest BCUT2D eigenvalue weighted by atomic mass is 10.1. The number of nitrogens with one attached hydrogen (secondary N) is 1. The first-order chi connectivity index (χ1) is 13.3. The Kier molecular flexibility index (Phi) is 7.99. The quantitative estimate of drug-likeness (QED) is 0.760. The summed E-state index contributed by atoms with van der Waals surface area (Å²) < 4.78 is 0. The average Bonchev–Trinajstić information content (AvgIpc) is 2.69. The molecule has 1 fully saturated rings. The number of rotatable bonds is 7. The van der Waals surface area contributed by atoms with Gasteiger partial charge in [-0.05, 0) is 39.8 Å². The fourth-order valence-electron chi connectivity index (χ4n) is 3.40. The third-order valence-electron chi connectivity index (χ3n) is 5.16. The lowest BCUT2D eigenvalue weighted by Gasteiger charge is -2.36. The molecule has 1 aliphatic rings. The summed E-state index contributed by atoms with van der Waals surface area (Å²) in [6.45, 7) is 11.9. The smallest absolute Gasteiger partial charge is 0.251 e. The van der Waals surface area contributed by atoms with Crippen molar-refractivity contribution < 1.29 is 14.4 Å². The van der Waals surface area contributed by atoms with Gasteiger partial charge in [0.2, 0.25) is 11.8 Å². The largest absolute Gasteiger partial charge is 0.342 e. The minimum Gasteiger partial charge on any atom is -0.342 e. The zero-order valence-corrected chi connectivity index (χ0v) is 17.4. The fraction of sp³-hybridized carbons (Fsp3) is 0.571. The van der Waals surface area contributed by atoms with E-state index in [9.17, 15) is 14.4 Å². The monoisotopic (exact) mass is 388 g/mol. The third-order valence-corrected chi connectivity index (χ3v) is 5.16. The molecule has 1 aromatic rings. The van der Waals surface area contributed by atoms with Gasteiger partial charge in [-0.1, -0.05) is 17.7 Å². The molecule has 1 saturated heterocycles. The number of piperazine rings is 1. The first kappa shape index (κ1) is 21.9. The van der Waals surface area contributed by atoms with Gasteiger partial charge in [-0.15, -0.1) is 0 Å². The molecule has 28 heavy (non-hydrogen) atoms. The standard InChI is InChI=1S/C21H32N4O3/c1-5-24(6-2)19(26)15-23-10-12-25(13-11-23)21(28)17(4)22-20(27)18-9-7-8-16(3)14-18/h7-9,14,17H,5-6,10-13,15H2,1-4H3,(H,22,27). The molecule has 1 heterocycles. The van der Waals surface area contributed by atoms with E-state index in [0.29, 0.717) is 51.4 Å². The lowest BCUT2D eigenvalue weighted by Crippen LogP contribution is -2.55. The summed E-state index contributed by atoms with van der Waals surface area (Å²) in [4.78, 5) is 42.9. The number of carbonyl (C=O) groups excluding carboxylic acids is 3. The highest BCUT2D eigenvalue weighted by Crippen LogP contribution is 2.07. The predicted molar refractivity (Wildman–Crippen MR) is 109 cm³/mol. The predicted octanol–water partition coefficient (Wildman–Crippen LogP) is 1.13. The van der Waals surface area contributed by atoms with Crippen LogP contribution in [0.25, 0.3) is 0 Å². The van der Waals surface area contributed by atoms with E-state index in [0.717, 1.165) is 5.56 Å². The van der Waals surface area contributed by atoms with E-state index in [1.165, 1.54) is 0 Å². The molecule has 154 valence electrons. The van der Waals surface area contributed by atoms with Crippen molar-refractivity contribution in [1.82, 2.24) is 20.0 Å². The minimum atomic E-state index is -0.586. The first-order valence-electron chi connectivity index (χ1n) is 10.0. The molecule has 0 aromatic heterocycles. The van der Waals surface area contributed by atoms with E-state index in [2.05, 4.69) is 10.2 Å². The zero-order valence-electron chi connectivity index (χ0n) is 17.4. The number of hydrogen-bond donors (Lipinski definition) is 1. The van der Waals surface area contributed by atoms with E-state index in [1.807, 2.05) is 37.8 Å². The van der Waals surface area contributed by atoms with Crippen molar-refractivity contribution in [1.29, 1.82) is 0 Å². The number of nitrogens with zero attached hydrogens (tertiary/aromatic N) is 3. The van der Waals surface area contributed by atoms with Gasteiger partial charge in [0, 0.05) is 44.8 Å². The van der Waals surface area contributed by atoms with Crippen molar-refractivity contribution >= 4 is 17.7 Å². The number of carbonyl (C=O) groups is 3. The second-order valence-corrected chi connectivity index (χ2v) is 7.23. The Balaban J connectivity index is 1.82. The maximum Gasteiger partial charge on any atom is 0.251 e. The van der Waals surface area contributed by atoms with E-state index in [-0.39, 0.29) is 17.7 Å². The van der Waals surface area contributed by atoms with Crippen LogP contribution in [0.3, 0.4) is 0 Å². The van der Waals surface area contributed by atoms with Crippen molar-refractivity contribution in [2.75, 3.05) is 45.8 Å². The van der Waals surface area contributed by atoms with Crippen LogP contribution < -0.4 is 5.32 Å². The zero-order chi connectivity index (χ0) is 20.7. The molecule has 2 rings (SSSR count). The van der Waals surface area contributed by atoms with Crippen LogP contribution in [0.5, 0.6) is 0 Å². The second-order valence-electron chi connectivity index (χ2n) is 7.23. The summed E-state index contributed by atoms with van der Waals surface area (Å²) >= 11 is 0. The summed E-state index contributed by atoms with van der Waals surface area (Å²) in [5, 5.41) is 2.79. The van der Waals surface area contributed by atoms with Crippen LogP contribution in [0.15, 0.2) is 24.3 Å². The summed E-state index contributed by atoms with van der Waals surface area (Å²) in [6.07, 6.45) is 0. The summed E-state index contributed by atoms with van der Waals surface area (Å²) in [5.41, 5.74) is 1.56. The number of hydrogen-bond acceptors (Lipinski definition) is 4. The van der Waals surface area contributed by atoms with Crippen molar-refractivity contribution in [3.05, 3.63) is 35.4 Å². The number of benzene rings is 1. The SMILES string of the molecule is CCN(CC)C(=O)CN1CCN(C(=O)C(C)NC(=O)c2cccc(C)c2)CC1. The average molecular weight is 389 g/mol. The van der Waals surface area contributed by atoms with Gasteiger partial charge in [0.25, 0.3) is 5.91 Å². The maximum absolute atomic E-state index is 12.7. The van der Waals surface area contributed by atoms with Crippen LogP contribution in [0.4, 0.5) is 0 Å². The molecular formula is C21H32N4O3. The highest BCUT2D eigenvalue weighted by molar-refractivity contribution is 5.97. The Bertz CT molecular complexity index is 695. The van der Waals surface area contributed by atoms with E-state index >= 15 is 0 Å². The summed E-state index contributed by atoms with van der Waals surface area (Å²) in [5.74, 6) is -0.202. The van der Waals surface area contributed by atoms with E-state index in [1.54, 1.807) is 24.0 Å². The number of likely N-dealkylation sites (N-methyl/N-ethyl adjacent to an activating group) is 1. The topological polar surface area (TPSA) is 73.0 Å². The van der Waals surface area contributed by atoms with Gasteiger partial charge in [0.15, 0.2) is 0 Å². The van der Waals surface area contributed by atoms with Crippen LogP contribution in [0.1, 0.15) is 36.7 Å². The minimum absolute atomic E-state index is 0.0873. The number of aryl methyl sites for hydroxylation is 1. The molecule has 7 heteroatoms. The van der Waals surface area contributed by atoms with Gasteiger partial charge in [-0.25, -0.2) is 0 Å². The molecular weight excluding hydrogens is 356 g/mol. The summed E-state index contributed by atoms with van der Waals surface area (Å²) in [7, 11) is 0. The second kappa shape index (κ2) is 10.2. The van der Waals surface area contributed by atoms with Gasteiger partial charge in [0.1, 0.15) is 6.04 Å². The van der Waals surface area contributed by atoms with Crippen LogP contribution in [0.2, 0.25) is 0 Å². The highest BCUT2D eigenvalue weighted by atomic mass is 16.2. The molecule has 1 unspecified atom stereocenters. The van der Waals surface area contributed by atoms with Gasteiger partial charge in [-0.3, -0.25) is 19.3 Å². The van der Waals surface area contributed by atoms with Gasteiger partial charge in [0.05, 0.1) is 6.54 Å². The molecule has 0 aliphatic carbocycles. The Labute approximate surface area is 167 Å². The van der Waals surface area contributed by atoms with Gasteiger partial charge < -0.3 is 15.1 Å². The Morgan fingerprint density at radius 2 is 1.75 bits per heavy atom. The normalized spacial score (nSPS) is 15.8. The Hall–Kier alpha value is -2.41. The Morgan fingerprint density at radius 3 is 2.32 bits per heavy atom. The molecule has 0 bridgehead atoms. The van der Waals surface area contributed by atoms with Crippen molar-refractivity contribution in [3.8, 4) is 0 Å². The molecule has 3 amide bonds. The molecule has 0 spiro atoms. The molecule has 1 atom stereocenters. The van der Waals surface area contributed by atoms with Crippen LogP contribution in [0, 0.1) is 6.92 Å². The van der Waals surface area contributed by atoms with Crippen molar-refractivity contribution in [2.24, 2.45) is 0 Å². The van der Waals surface area contributed by atoms with E-state index in [4.69, 9.17) is 0 Å². The lowest BCUT2D eigenvalue weighted by molar-refractivity contribution is -0.136. The fourth-order valence-corrected chi connectivity index (χ4v) is 3.40. The molecule has 7 nitrogen and oxygen atoms in total. The van der Waals surface area contributed by atoms with Gasteiger partial charge >= 0.3 is 0 Å². The Morgan fingerprint density at radius 1 is 1.11 bits per heavy atom. The molecule has 1 N–H and O–H groups in total. The molecule has 0 saturated carbocycles. The summed E-state index contributed by atoms with van der Waals surface area (Å²) in [6, 6.07) is 6.71. The molecule has 0 radical (unpaired) electrons. The van der Waals surface area contributed by atoms with Crippen LogP contribution in [-0.4, -0.2) is 84.3 Å². The van der Waals surface area contributed by atoms with Crippen molar-refractivity contribution in [2.45, 2.75) is 33.7 Å². The van der Waals surface area contributed by atoms with Crippen molar-refractivity contribution in [3.63, 3.8) is 0 Å². The van der Waals surface area contributed by atoms with Crippen LogP contribution in [-0.2, 0) is 9.59 Å². The van der Waals surface area contributed by atoms with E-state index < -0.39 is 6.04 Å². The molecule has 1 aromatic carbocycles. The van der Waals surface area contributed by atoms with Gasteiger partial charge in [-0.2, -0.15) is 0 Å². The first-order valence-corrected chi connectivity index (χ1v) is 10.0.